The van der Waals surface area contributed by atoms with Gasteiger partial charge in [0.1, 0.15) is 11.5 Å². The molecule has 0 aliphatic heterocycles. The van der Waals surface area contributed by atoms with Crippen LogP contribution in [0.2, 0.25) is 0 Å². The first-order valence-corrected chi connectivity index (χ1v) is 6.39. The van der Waals surface area contributed by atoms with Crippen LogP contribution in [0.4, 0.5) is 14.5 Å². The van der Waals surface area contributed by atoms with Crippen LogP contribution in [0, 0.1) is 29.9 Å². The Morgan fingerprint density at radius 2 is 1.86 bits per heavy atom. The lowest BCUT2D eigenvalue weighted by atomic mass is 10.1. The summed E-state index contributed by atoms with van der Waals surface area (Å²) in [7, 11) is 0. The Hall–Kier alpha value is -2.45. The maximum atomic E-state index is 13.8. The van der Waals surface area contributed by atoms with Gasteiger partial charge in [0.15, 0.2) is 5.82 Å². The molecule has 0 aromatic heterocycles. The van der Waals surface area contributed by atoms with Crippen molar-refractivity contribution in [1.82, 2.24) is 0 Å². The fraction of sp³-hybridized carbons (Fsp3) is 0.188. The zero-order valence-corrected chi connectivity index (χ0v) is 11.4. The molecule has 108 valence electrons. The number of hydrogen-bond donors (Lipinski definition) is 2. The summed E-state index contributed by atoms with van der Waals surface area (Å²) < 4.78 is 27.4. The van der Waals surface area contributed by atoms with Crippen molar-refractivity contribution in [1.29, 1.82) is 5.26 Å². The van der Waals surface area contributed by atoms with Gasteiger partial charge in [-0.05, 0) is 36.2 Å². The van der Waals surface area contributed by atoms with Crippen molar-refractivity contribution < 1.29 is 13.9 Å². The number of aryl methyl sites for hydroxylation is 1. The predicted octanol–water partition coefficient (Wildman–Crippen LogP) is 3.29. The van der Waals surface area contributed by atoms with Crippen LogP contribution in [-0.4, -0.2) is 11.7 Å². The number of anilines is 1. The van der Waals surface area contributed by atoms with Crippen LogP contribution in [0.5, 0.6) is 0 Å². The lowest BCUT2D eigenvalue weighted by Gasteiger charge is -2.15. The lowest BCUT2D eigenvalue weighted by Crippen LogP contribution is -2.14. The number of aliphatic hydroxyl groups is 1. The highest BCUT2D eigenvalue weighted by Crippen LogP contribution is 2.23. The first kappa shape index (κ1) is 14.9. The van der Waals surface area contributed by atoms with E-state index in [1.807, 2.05) is 6.07 Å². The van der Waals surface area contributed by atoms with Crippen molar-refractivity contribution in [3.05, 3.63) is 64.7 Å². The van der Waals surface area contributed by atoms with Gasteiger partial charge in [-0.1, -0.05) is 18.2 Å². The molecule has 21 heavy (non-hydrogen) atoms. The monoisotopic (exact) mass is 288 g/mol. The Morgan fingerprint density at radius 1 is 1.19 bits per heavy atom. The number of halogens is 2. The minimum Gasteiger partial charge on any atom is -0.387 e. The van der Waals surface area contributed by atoms with Gasteiger partial charge in [-0.25, -0.2) is 8.78 Å². The molecule has 2 aromatic carbocycles. The van der Waals surface area contributed by atoms with Crippen LogP contribution >= 0.6 is 0 Å². The Morgan fingerprint density at radius 3 is 2.48 bits per heavy atom. The maximum absolute atomic E-state index is 13.8. The first-order valence-electron chi connectivity index (χ1n) is 6.39. The summed E-state index contributed by atoms with van der Waals surface area (Å²) in [6.45, 7) is 1.50. The van der Waals surface area contributed by atoms with Crippen molar-refractivity contribution in [3.8, 4) is 6.07 Å². The van der Waals surface area contributed by atoms with Gasteiger partial charge in [-0.3, -0.25) is 0 Å². The minimum atomic E-state index is -0.933. The SMILES string of the molecule is Cc1ccc(F)c(NCC(O)c2ccc(C#N)cc2)c1F. The third kappa shape index (κ3) is 3.36. The third-order valence-electron chi connectivity index (χ3n) is 3.18. The number of nitrogens with zero attached hydrogens (tertiary/aromatic N) is 1. The zero-order chi connectivity index (χ0) is 15.4. The van der Waals surface area contributed by atoms with E-state index in [0.29, 0.717) is 16.7 Å². The molecule has 0 aliphatic carbocycles. The van der Waals surface area contributed by atoms with Gasteiger partial charge in [-0.2, -0.15) is 5.26 Å². The zero-order valence-electron chi connectivity index (χ0n) is 11.4. The van der Waals surface area contributed by atoms with E-state index in [1.54, 1.807) is 24.3 Å². The Labute approximate surface area is 121 Å². The van der Waals surface area contributed by atoms with Crippen LogP contribution in [0.15, 0.2) is 36.4 Å². The number of rotatable bonds is 4. The molecule has 0 heterocycles. The number of nitrogens with one attached hydrogen (secondary N) is 1. The number of aliphatic hydroxyl groups excluding tert-OH is 1. The van der Waals surface area contributed by atoms with Crippen molar-refractivity contribution in [2.24, 2.45) is 0 Å². The van der Waals surface area contributed by atoms with Gasteiger partial charge >= 0.3 is 0 Å². The second-order valence-corrected chi connectivity index (χ2v) is 4.68. The highest BCUT2D eigenvalue weighted by molar-refractivity contribution is 5.49. The van der Waals surface area contributed by atoms with Gasteiger partial charge in [0.05, 0.1) is 17.7 Å². The Kier molecular flexibility index (Phi) is 4.51. The maximum Gasteiger partial charge on any atom is 0.152 e. The lowest BCUT2D eigenvalue weighted by molar-refractivity contribution is 0.191. The number of nitriles is 1. The fourth-order valence-corrected chi connectivity index (χ4v) is 1.92. The van der Waals surface area contributed by atoms with E-state index in [-0.39, 0.29) is 12.2 Å². The number of hydrogen-bond acceptors (Lipinski definition) is 3. The molecular weight excluding hydrogens is 274 g/mol. The smallest absolute Gasteiger partial charge is 0.152 e. The summed E-state index contributed by atoms with van der Waals surface area (Å²) >= 11 is 0. The fourth-order valence-electron chi connectivity index (χ4n) is 1.92. The van der Waals surface area contributed by atoms with E-state index in [2.05, 4.69) is 5.32 Å². The van der Waals surface area contributed by atoms with Gasteiger partial charge < -0.3 is 10.4 Å². The van der Waals surface area contributed by atoms with E-state index in [9.17, 15) is 13.9 Å². The molecule has 0 aliphatic rings. The van der Waals surface area contributed by atoms with E-state index in [0.717, 1.165) is 0 Å². The Bertz CT molecular complexity index is 678. The summed E-state index contributed by atoms with van der Waals surface area (Å²) in [6.07, 6.45) is -0.933. The van der Waals surface area contributed by atoms with Gasteiger partial charge in [-0.15, -0.1) is 0 Å². The van der Waals surface area contributed by atoms with E-state index < -0.39 is 17.7 Å². The molecule has 0 spiro atoms. The topological polar surface area (TPSA) is 56.0 Å². The summed E-state index contributed by atoms with van der Waals surface area (Å²) in [5.74, 6) is -1.37. The predicted molar refractivity (Wildman–Crippen MR) is 75.7 cm³/mol. The average Bonchev–Trinajstić information content (AvgIpc) is 2.51. The molecule has 0 radical (unpaired) electrons. The molecule has 1 unspecified atom stereocenters. The second kappa shape index (κ2) is 6.33. The molecule has 0 saturated carbocycles. The molecule has 2 rings (SSSR count). The molecule has 0 bridgehead atoms. The molecule has 1 atom stereocenters. The van der Waals surface area contributed by atoms with Crippen LogP contribution in [0.25, 0.3) is 0 Å². The molecule has 0 amide bonds. The minimum absolute atomic E-state index is 0.0385. The summed E-state index contributed by atoms with van der Waals surface area (Å²) in [4.78, 5) is 0. The van der Waals surface area contributed by atoms with Crippen LogP contribution in [0.3, 0.4) is 0 Å². The summed E-state index contributed by atoms with van der Waals surface area (Å²) in [6, 6.07) is 10.9. The molecule has 3 nitrogen and oxygen atoms in total. The quantitative estimate of drug-likeness (QED) is 0.907. The highest BCUT2D eigenvalue weighted by atomic mass is 19.1. The first-order chi connectivity index (χ1) is 10.0. The van der Waals surface area contributed by atoms with E-state index >= 15 is 0 Å². The Balaban J connectivity index is 2.09. The largest absolute Gasteiger partial charge is 0.387 e. The standard InChI is InChI=1S/C16H14F2N2O/c1-10-2-7-13(17)16(15(10)18)20-9-14(21)12-5-3-11(8-19)4-6-12/h2-7,14,20-21H,9H2,1H3. The van der Waals surface area contributed by atoms with Crippen molar-refractivity contribution in [2.45, 2.75) is 13.0 Å². The van der Waals surface area contributed by atoms with Crippen molar-refractivity contribution >= 4 is 5.69 Å². The number of benzene rings is 2. The van der Waals surface area contributed by atoms with Crippen molar-refractivity contribution in [2.75, 3.05) is 11.9 Å². The van der Waals surface area contributed by atoms with Crippen LogP contribution in [0.1, 0.15) is 22.8 Å². The van der Waals surface area contributed by atoms with Crippen LogP contribution in [-0.2, 0) is 0 Å². The third-order valence-corrected chi connectivity index (χ3v) is 3.18. The molecule has 0 fully saturated rings. The molecular formula is C16H14F2N2O. The van der Waals surface area contributed by atoms with Crippen molar-refractivity contribution in [3.63, 3.8) is 0 Å². The average molecular weight is 288 g/mol. The van der Waals surface area contributed by atoms with E-state index in [1.165, 1.54) is 19.1 Å². The molecule has 5 heteroatoms. The van der Waals surface area contributed by atoms with Gasteiger partial charge in [0.2, 0.25) is 0 Å². The highest BCUT2D eigenvalue weighted by Gasteiger charge is 2.13. The summed E-state index contributed by atoms with van der Waals surface area (Å²) in [5.41, 5.74) is 1.12. The van der Waals surface area contributed by atoms with Crippen LogP contribution < -0.4 is 5.32 Å². The molecule has 2 aromatic rings. The molecule has 0 saturated heterocycles. The molecule has 2 N–H and O–H groups in total. The van der Waals surface area contributed by atoms with E-state index in [4.69, 9.17) is 5.26 Å². The van der Waals surface area contributed by atoms with Gasteiger partial charge in [0, 0.05) is 6.54 Å². The summed E-state index contributed by atoms with van der Waals surface area (Å²) in [5, 5.41) is 21.3. The second-order valence-electron chi connectivity index (χ2n) is 4.68. The van der Waals surface area contributed by atoms with Gasteiger partial charge in [0.25, 0.3) is 0 Å². The normalized spacial score (nSPS) is 11.8.